The van der Waals surface area contributed by atoms with Gasteiger partial charge in [0.2, 0.25) is 5.91 Å². The van der Waals surface area contributed by atoms with Gasteiger partial charge in [0.1, 0.15) is 0 Å². The number of hydrogen-bond acceptors (Lipinski definition) is 3. The van der Waals surface area contributed by atoms with Gasteiger partial charge in [0, 0.05) is 54.4 Å². The Kier molecular flexibility index (Phi) is 5.48. The molecular formula is C20H26ClN3O2. The molecule has 2 saturated heterocycles. The average Bonchev–Trinajstić information content (AvgIpc) is 3.27. The predicted octanol–water partition coefficient (Wildman–Crippen LogP) is 2.98. The van der Waals surface area contributed by atoms with Crippen LogP contribution in [0.15, 0.2) is 24.4 Å². The minimum absolute atomic E-state index is 0.100. The van der Waals surface area contributed by atoms with E-state index in [-0.39, 0.29) is 5.91 Å². The number of aromatic nitrogens is 1. The molecule has 1 aromatic carbocycles. The Bertz CT molecular complexity index is 762. The SMILES string of the molecule is O=C(Cc1c[nH]c2cc(Cl)ccc12)NC1CCN(CC2CCOC2)CC1. The molecule has 2 aliphatic rings. The van der Waals surface area contributed by atoms with Gasteiger partial charge in [0.05, 0.1) is 13.0 Å². The van der Waals surface area contributed by atoms with E-state index in [2.05, 4.69) is 15.2 Å². The van der Waals surface area contributed by atoms with Crippen LogP contribution in [0.1, 0.15) is 24.8 Å². The molecule has 2 aromatic rings. The van der Waals surface area contributed by atoms with Crippen LogP contribution in [0, 0.1) is 5.92 Å². The number of likely N-dealkylation sites (tertiary alicyclic amines) is 1. The highest BCUT2D eigenvalue weighted by Crippen LogP contribution is 2.23. The van der Waals surface area contributed by atoms with Crippen LogP contribution < -0.4 is 5.32 Å². The van der Waals surface area contributed by atoms with E-state index in [0.717, 1.165) is 62.2 Å². The first-order valence-corrected chi connectivity index (χ1v) is 9.90. The first kappa shape index (κ1) is 17.8. The monoisotopic (exact) mass is 375 g/mol. The fourth-order valence-electron chi connectivity index (χ4n) is 4.11. The largest absolute Gasteiger partial charge is 0.381 e. The summed E-state index contributed by atoms with van der Waals surface area (Å²) in [5.74, 6) is 0.792. The van der Waals surface area contributed by atoms with Crippen molar-refractivity contribution in [1.82, 2.24) is 15.2 Å². The molecule has 3 heterocycles. The summed E-state index contributed by atoms with van der Waals surface area (Å²) in [7, 11) is 0. The first-order valence-electron chi connectivity index (χ1n) is 9.52. The molecule has 5 nitrogen and oxygen atoms in total. The number of H-pyrrole nitrogens is 1. The fraction of sp³-hybridized carbons (Fsp3) is 0.550. The summed E-state index contributed by atoms with van der Waals surface area (Å²) in [6.45, 7) is 5.09. The summed E-state index contributed by atoms with van der Waals surface area (Å²) in [5, 5.41) is 4.99. The van der Waals surface area contributed by atoms with Gasteiger partial charge in [-0.15, -0.1) is 0 Å². The zero-order valence-electron chi connectivity index (χ0n) is 15.0. The van der Waals surface area contributed by atoms with Gasteiger partial charge in [-0.1, -0.05) is 17.7 Å². The molecule has 0 radical (unpaired) electrons. The number of halogens is 1. The van der Waals surface area contributed by atoms with Crippen LogP contribution in [-0.4, -0.2) is 54.7 Å². The van der Waals surface area contributed by atoms with Crippen LogP contribution in [0.25, 0.3) is 10.9 Å². The van der Waals surface area contributed by atoms with Gasteiger partial charge in [0.15, 0.2) is 0 Å². The summed E-state index contributed by atoms with van der Waals surface area (Å²) in [5.41, 5.74) is 2.00. The third-order valence-electron chi connectivity index (χ3n) is 5.57. The second-order valence-electron chi connectivity index (χ2n) is 7.55. The maximum absolute atomic E-state index is 12.5. The Balaban J connectivity index is 1.26. The second-order valence-corrected chi connectivity index (χ2v) is 7.99. The zero-order chi connectivity index (χ0) is 17.9. The lowest BCUT2D eigenvalue weighted by atomic mass is 10.0. The summed E-state index contributed by atoms with van der Waals surface area (Å²) in [4.78, 5) is 18.2. The van der Waals surface area contributed by atoms with Gasteiger partial charge in [-0.3, -0.25) is 4.79 Å². The molecule has 1 aromatic heterocycles. The molecule has 4 rings (SSSR count). The highest BCUT2D eigenvalue weighted by molar-refractivity contribution is 6.31. The van der Waals surface area contributed by atoms with Crippen LogP contribution in [0.5, 0.6) is 0 Å². The lowest BCUT2D eigenvalue weighted by molar-refractivity contribution is -0.121. The average molecular weight is 376 g/mol. The molecule has 0 spiro atoms. The van der Waals surface area contributed by atoms with Gasteiger partial charge in [-0.25, -0.2) is 0 Å². The molecule has 1 atom stereocenters. The molecule has 26 heavy (non-hydrogen) atoms. The smallest absolute Gasteiger partial charge is 0.224 e. The highest BCUT2D eigenvalue weighted by atomic mass is 35.5. The van der Waals surface area contributed by atoms with Gasteiger partial charge in [-0.05, 0) is 42.9 Å². The van der Waals surface area contributed by atoms with Crippen LogP contribution in [0.2, 0.25) is 5.02 Å². The number of hydrogen-bond donors (Lipinski definition) is 2. The summed E-state index contributed by atoms with van der Waals surface area (Å²) >= 11 is 6.02. The van der Waals surface area contributed by atoms with E-state index in [0.29, 0.717) is 23.4 Å². The molecule has 140 valence electrons. The van der Waals surface area contributed by atoms with Crippen molar-refractivity contribution in [2.24, 2.45) is 5.92 Å². The van der Waals surface area contributed by atoms with Crippen LogP contribution >= 0.6 is 11.6 Å². The van der Waals surface area contributed by atoms with E-state index >= 15 is 0 Å². The van der Waals surface area contributed by atoms with Crippen molar-refractivity contribution in [3.63, 3.8) is 0 Å². The molecule has 1 amide bonds. The number of rotatable bonds is 5. The van der Waals surface area contributed by atoms with Crippen molar-refractivity contribution >= 4 is 28.4 Å². The van der Waals surface area contributed by atoms with Crippen molar-refractivity contribution in [2.75, 3.05) is 32.8 Å². The molecule has 2 N–H and O–H groups in total. The fourth-order valence-corrected chi connectivity index (χ4v) is 4.28. The van der Waals surface area contributed by atoms with E-state index in [1.165, 1.54) is 6.42 Å². The van der Waals surface area contributed by atoms with Gasteiger partial charge in [0.25, 0.3) is 0 Å². The molecule has 0 bridgehead atoms. The van der Waals surface area contributed by atoms with Crippen LogP contribution in [0.4, 0.5) is 0 Å². The zero-order valence-corrected chi connectivity index (χ0v) is 15.7. The number of nitrogens with one attached hydrogen (secondary N) is 2. The Hall–Kier alpha value is -1.56. The Morgan fingerprint density at radius 2 is 2.15 bits per heavy atom. The Morgan fingerprint density at radius 1 is 1.31 bits per heavy atom. The van der Waals surface area contributed by atoms with Gasteiger partial charge < -0.3 is 19.9 Å². The quantitative estimate of drug-likeness (QED) is 0.844. The number of nitrogens with zero attached hydrogens (tertiary/aromatic N) is 1. The van der Waals surface area contributed by atoms with E-state index in [9.17, 15) is 4.79 Å². The van der Waals surface area contributed by atoms with Crippen molar-refractivity contribution < 1.29 is 9.53 Å². The number of fused-ring (bicyclic) bond motifs is 1. The first-order chi connectivity index (χ1) is 12.7. The predicted molar refractivity (Wildman–Crippen MR) is 104 cm³/mol. The minimum Gasteiger partial charge on any atom is -0.381 e. The molecule has 2 aliphatic heterocycles. The van der Waals surface area contributed by atoms with Crippen LogP contribution in [0.3, 0.4) is 0 Å². The molecule has 0 saturated carbocycles. The molecule has 6 heteroatoms. The van der Waals surface area contributed by atoms with Crippen molar-refractivity contribution in [2.45, 2.75) is 31.7 Å². The molecule has 1 unspecified atom stereocenters. The molecular weight excluding hydrogens is 350 g/mol. The number of carbonyl (C=O) groups is 1. The third kappa shape index (κ3) is 4.22. The standard InChI is InChI=1S/C20H26ClN3O2/c21-16-1-2-18-15(11-22-19(18)10-16)9-20(25)23-17-3-6-24(7-4-17)12-14-5-8-26-13-14/h1-2,10-11,14,17,22H,3-9,12-13H2,(H,23,25). The maximum atomic E-state index is 12.5. The van der Waals surface area contributed by atoms with Crippen molar-refractivity contribution in [3.8, 4) is 0 Å². The second kappa shape index (κ2) is 7.99. The summed E-state index contributed by atoms with van der Waals surface area (Å²) < 4.78 is 5.47. The van der Waals surface area contributed by atoms with Gasteiger partial charge >= 0.3 is 0 Å². The van der Waals surface area contributed by atoms with Crippen molar-refractivity contribution in [3.05, 3.63) is 35.0 Å². The van der Waals surface area contributed by atoms with Gasteiger partial charge in [-0.2, -0.15) is 0 Å². The molecule has 0 aliphatic carbocycles. The van der Waals surface area contributed by atoms with Crippen molar-refractivity contribution in [1.29, 1.82) is 0 Å². The number of aromatic amines is 1. The maximum Gasteiger partial charge on any atom is 0.224 e. The third-order valence-corrected chi connectivity index (χ3v) is 5.81. The minimum atomic E-state index is 0.100. The number of benzene rings is 1. The lowest BCUT2D eigenvalue weighted by Crippen LogP contribution is -2.46. The summed E-state index contributed by atoms with van der Waals surface area (Å²) in [6.07, 6.45) is 5.56. The summed E-state index contributed by atoms with van der Waals surface area (Å²) in [6, 6.07) is 6.02. The number of piperidine rings is 1. The van der Waals surface area contributed by atoms with E-state index in [4.69, 9.17) is 16.3 Å². The van der Waals surface area contributed by atoms with E-state index < -0.39 is 0 Å². The highest BCUT2D eigenvalue weighted by Gasteiger charge is 2.24. The van der Waals surface area contributed by atoms with E-state index in [1.54, 1.807) is 0 Å². The Labute approximate surface area is 159 Å². The normalized spacial score (nSPS) is 22.1. The van der Waals surface area contributed by atoms with Crippen LogP contribution in [-0.2, 0) is 16.0 Å². The Morgan fingerprint density at radius 3 is 2.92 bits per heavy atom. The topological polar surface area (TPSA) is 57.4 Å². The lowest BCUT2D eigenvalue weighted by Gasteiger charge is -2.33. The number of amides is 1. The molecule has 2 fully saturated rings. The van der Waals surface area contributed by atoms with E-state index in [1.807, 2.05) is 24.4 Å². The number of ether oxygens (including phenoxy) is 1. The number of carbonyl (C=O) groups excluding carboxylic acids is 1.